The Kier molecular flexibility index (Phi) is 4.72. The molecular weight excluding hydrogens is 342 g/mol. The summed E-state index contributed by atoms with van der Waals surface area (Å²) in [6, 6.07) is 10.5. The molecule has 0 saturated carbocycles. The van der Waals surface area contributed by atoms with E-state index in [9.17, 15) is 4.79 Å². The van der Waals surface area contributed by atoms with Crippen molar-refractivity contribution >= 4 is 28.7 Å². The van der Waals surface area contributed by atoms with Crippen LogP contribution in [0.4, 0.5) is 0 Å². The molecule has 2 aromatic carbocycles. The molecule has 0 aliphatic carbocycles. The second-order valence-electron chi connectivity index (χ2n) is 5.27. The Morgan fingerprint density at radius 3 is 2.52 bits per heavy atom. The average Bonchev–Trinajstić information content (AvgIpc) is 2.62. The monoisotopic (exact) mass is 357 g/mol. The van der Waals surface area contributed by atoms with E-state index in [-0.39, 0.29) is 5.56 Å². The van der Waals surface area contributed by atoms with Crippen molar-refractivity contribution in [2.24, 2.45) is 5.10 Å². The van der Waals surface area contributed by atoms with E-state index >= 15 is 0 Å². The first-order valence-electron chi connectivity index (χ1n) is 7.49. The third-order valence-electron chi connectivity index (χ3n) is 3.73. The number of hydrogen-bond acceptors (Lipinski definition) is 5. The molecule has 0 saturated heterocycles. The van der Waals surface area contributed by atoms with Crippen LogP contribution in [0.1, 0.15) is 11.4 Å². The third-order valence-corrected chi connectivity index (χ3v) is 4.08. The lowest BCUT2D eigenvalue weighted by Crippen LogP contribution is -2.20. The van der Waals surface area contributed by atoms with Crippen LogP contribution in [0.3, 0.4) is 0 Å². The van der Waals surface area contributed by atoms with Gasteiger partial charge in [-0.15, -0.1) is 0 Å². The van der Waals surface area contributed by atoms with Crippen LogP contribution in [-0.2, 0) is 0 Å². The molecule has 0 atom stereocenters. The average molecular weight is 358 g/mol. The van der Waals surface area contributed by atoms with Crippen LogP contribution in [0.2, 0.25) is 5.02 Å². The van der Waals surface area contributed by atoms with Crippen LogP contribution < -0.4 is 15.0 Å². The van der Waals surface area contributed by atoms with Gasteiger partial charge in [0.1, 0.15) is 5.82 Å². The summed E-state index contributed by atoms with van der Waals surface area (Å²) in [6.45, 7) is 1.71. The molecule has 3 rings (SSSR count). The Bertz CT molecular complexity index is 1030. The Labute approximate surface area is 149 Å². The summed E-state index contributed by atoms with van der Waals surface area (Å²) in [5.41, 5.74) is 0.930. The van der Waals surface area contributed by atoms with Crippen LogP contribution in [0.5, 0.6) is 11.5 Å². The molecule has 7 heteroatoms. The van der Waals surface area contributed by atoms with Crippen molar-refractivity contribution < 1.29 is 9.47 Å². The first kappa shape index (κ1) is 17.0. The Morgan fingerprint density at radius 2 is 1.84 bits per heavy atom. The molecular formula is C18H16ClN3O3. The predicted molar refractivity (Wildman–Crippen MR) is 98.3 cm³/mol. The molecule has 0 N–H and O–H groups in total. The highest BCUT2D eigenvalue weighted by molar-refractivity contribution is 6.33. The number of hydrogen-bond donors (Lipinski definition) is 0. The highest BCUT2D eigenvalue weighted by atomic mass is 35.5. The molecule has 0 radical (unpaired) electrons. The van der Waals surface area contributed by atoms with Gasteiger partial charge in [0.25, 0.3) is 5.56 Å². The van der Waals surface area contributed by atoms with Crippen molar-refractivity contribution in [3.8, 4) is 11.5 Å². The summed E-state index contributed by atoms with van der Waals surface area (Å²) in [6.07, 6.45) is 1.53. The largest absolute Gasteiger partial charge is 0.493 e. The number of halogens is 1. The molecule has 1 aromatic heterocycles. The van der Waals surface area contributed by atoms with Crippen LogP contribution in [0, 0.1) is 6.92 Å². The van der Waals surface area contributed by atoms with Crippen LogP contribution in [0.15, 0.2) is 46.3 Å². The van der Waals surface area contributed by atoms with Crippen molar-refractivity contribution in [1.29, 1.82) is 0 Å². The molecule has 0 aliphatic heterocycles. The zero-order valence-corrected chi connectivity index (χ0v) is 14.7. The predicted octanol–water partition coefficient (Wildman–Crippen LogP) is 3.26. The maximum absolute atomic E-state index is 12.8. The molecule has 128 valence electrons. The molecule has 0 bridgehead atoms. The normalized spacial score (nSPS) is 11.2. The third kappa shape index (κ3) is 3.21. The highest BCUT2D eigenvalue weighted by Crippen LogP contribution is 2.30. The van der Waals surface area contributed by atoms with E-state index in [4.69, 9.17) is 21.1 Å². The molecule has 0 fully saturated rings. The van der Waals surface area contributed by atoms with Gasteiger partial charge in [0.2, 0.25) is 0 Å². The number of fused-ring (bicyclic) bond motifs is 1. The minimum absolute atomic E-state index is 0.299. The number of aryl methyl sites for hydroxylation is 1. The number of nitrogens with zero attached hydrogens (tertiary/aromatic N) is 3. The lowest BCUT2D eigenvalue weighted by atomic mass is 10.2. The first-order valence-corrected chi connectivity index (χ1v) is 7.87. The van der Waals surface area contributed by atoms with Gasteiger partial charge < -0.3 is 9.47 Å². The summed E-state index contributed by atoms with van der Waals surface area (Å²) < 4.78 is 11.7. The molecule has 3 aromatic rings. The topological polar surface area (TPSA) is 65.7 Å². The van der Waals surface area contributed by atoms with Gasteiger partial charge in [0.15, 0.2) is 11.5 Å². The van der Waals surface area contributed by atoms with Gasteiger partial charge in [-0.2, -0.15) is 9.78 Å². The molecule has 0 aliphatic rings. The molecule has 0 amide bonds. The molecule has 25 heavy (non-hydrogen) atoms. The smallest absolute Gasteiger partial charge is 0.282 e. The summed E-state index contributed by atoms with van der Waals surface area (Å²) in [5, 5.41) is 5.19. The number of benzene rings is 2. The van der Waals surface area contributed by atoms with Crippen molar-refractivity contribution in [2.75, 3.05) is 14.2 Å². The van der Waals surface area contributed by atoms with Crippen molar-refractivity contribution in [1.82, 2.24) is 9.66 Å². The van der Waals surface area contributed by atoms with E-state index < -0.39 is 0 Å². The second kappa shape index (κ2) is 6.94. The van der Waals surface area contributed by atoms with Crippen LogP contribution in [-0.4, -0.2) is 30.1 Å². The Morgan fingerprint density at radius 1 is 1.16 bits per heavy atom. The van der Waals surface area contributed by atoms with E-state index in [1.54, 1.807) is 25.1 Å². The van der Waals surface area contributed by atoms with E-state index in [1.165, 1.54) is 25.1 Å². The lowest BCUT2D eigenvalue weighted by Gasteiger charge is -2.10. The number of aromatic nitrogens is 2. The molecule has 0 spiro atoms. The van der Waals surface area contributed by atoms with Gasteiger partial charge in [0.05, 0.1) is 31.3 Å². The van der Waals surface area contributed by atoms with Gasteiger partial charge in [0, 0.05) is 16.7 Å². The number of methoxy groups -OCH3 is 2. The van der Waals surface area contributed by atoms with Crippen LogP contribution >= 0.6 is 11.6 Å². The fourth-order valence-corrected chi connectivity index (χ4v) is 2.64. The van der Waals surface area contributed by atoms with Crippen molar-refractivity contribution in [2.45, 2.75) is 6.92 Å². The highest BCUT2D eigenvalue weighted by Gasteiger charge is 2.13. The van der Waals surface area contributed by atoms with Gasteiger partial charge in [-0.1, -0.05) is 29.8 Å². The maximum atomic E-state index is 12.8. The molecule has 1 heterocycles. The zero-order chi connectivity index (χ0) is 18.0. The summed E-state index contributed by atoms with van der Waals surface area (Å²) in [4.78, 5) is 17.2. The molecule has 0 unspecified atom stereocenters. The fourth-order valence-electron chi connectivity index (χ4n) is 2.45. The fraction of sp³-hybridized carbons (Fsp3) is 0.167. The molecule has 6 nitrogen and oxygen atoms in total. The van der Waals surface area contributed by atoms with E-state index in [2.05, 4.69) is 10.1 Å². The lowest BCUT2D eigenvalue weighted by molar-refractivity contribution is 0.355. The zero-order valence-electron chi connectivity index (χ0n) is 14.0. The second-order valence-corrected chi connectivity index (χ2v) is 5.67. The quantitative estimate of drug-likeness (QED) is 0.672. The Hall–Kier alpha value is -2.86. The summed E-state index contributed by atoms with van der Waals surface area (Å²) in [7, 11) is 3.05. The van der Waals surface area contributed by atoms with Crippen LogP contribution in [0.25, 0.3) is 10.9 Å². The minimum atomic E-state index is -0.299. The standard InChI is InChI=1S/C18H16ClN3O3/c1-11-21-15-9-17(25-3)16(24-2)8-13(15)18(23)22(11)20-10-12-6-4-5-7-14(12)19/h4-10H,1-3H3. The van der Waals surface area contributed by atoms with Gasteiger partial charge in [-0.25, -0.2) is 4.98 Å². The maximum Gasteiger partial charge on any atom is 0.282 e. The SMILES string of the molecule is COc1cc2nc(C)n(N=Cc3ccccc3Cl)c(=O)c2cc1OC. The van der Waals surface area contributed by atoms with Gasteiger partial charge in [-0.05, 0) is 19.1 Å². The van der Waals surface area contributed by atoms with E-state index in [0.717, 1.165) is 0 Å². The summed E-state index contributed by atoms with van der Waals surface area (Å²) >= 11 is 6.11. The van der Waals surface area contributed by atoms with Gasteiger partial charge in [-0.3, -0.25) is 4.79 Å². The van der Waals surface area contributed by atoms with E-state index in [0.29, 0.717) is 38.8 Å². The number of rotatable bonds is 4. The Balaban J connectivity index is 2.16. The first-order chi connectivity index (χ1) is 12.0. The number of ether oxygens (including phenoxy) is 2. The van der Waals surface area contributed by atoms with Crippen molar-refractivity contribution in [3.05, 3.63) is 63.2 Å². The van der Waals surface area contributed by atoms with E-state index in [1.807, 2.05) is 18.2 Å². The van der Waals surface area contributed by atoms with Gasteiger partial charge >= 0.3 is 0 Å². The van der Waals surface area contributed by atoms with Crippen molar-refractivity contribution in [3.63, 3.8) is 0 Å². The minimum Gasteiger partial charge on any atom is -0.493 e. The summed E-state index contributed by atoms with van der Waals surface area (Å²) in [5.74, 6) is 1.42.